The van der Waals surface area contributed by atoms with Crippen LogP contribution in [0.25, 0.3) is 0 Å². The molecule has 6 heteroatoms. The lowest BCUT2D eigenvalue weighted by atomic mass is 9.90. The molecule has 1 aliphatic carbocycles. The fourth-order valence-corrected chi connectivity index (χ4v) is 4.57. The van der Waals surface area contributed by atoms with Crippen molar-refractivity contribution in [2.45, 2.75) is 43.3 Å². The molecule has 0 spiro atoms. The number of anilines is 1. The Hall–Kier alpha value is -1.92. The molecule has 4 fully saturated rings. The number of carbonyl (C=O) groups is 2. The van der Waals surface area contributed by atoms with Gasteiger partial charge in [-0.3, -0.25) is 19.8 Å². The molecule has 5 rings (SSSR count). The molecule has 1 aromatic rings. The van der Waals surface area contributed by atoms with Crippen molar-refractivity contribution in [3.8, 4) is 0 Å². The van der Waals surface area contributed by atoms with Crippen LogP contribution in [0.4, 0.5) is 5.69 Å². The topological polar surface area (TPSA) is 64.7 Å². The van der Waals surface area contributed by atoms with E-state index < -0.39 is 0 Å². The van der Waals surface area contributed by atoms with Crippen molar-refractivity contribution < 1.29 is 9.59 Å². The highest BCUT2D eigenvalue weighted by molar-refractivity contribution is 6.00. The maximum absolute atomic E-state index is 12.0. The number of piperidine rings is 1. The van der Waals surface area contributed by atoms with Gasteiger partial charge in [0.1, 0.15) is 0 Å². The van der Waals surface area contributed by atoms with Crippen molar-refractivity contribution in [2.75, 3.05) is 31.1 Å². The molecule has 1 saturated carbocycles. The number of hydrogen-bond acceptors (Lipinski definition) is 5. The van der Waals surface area contributed by atoms with E-state index in [2.05, 4.69) is 32.6 Å². The van der Waals surface area contributed by atoms with Gasteiger partial charge in [0.15, 0.2) is 0 Å². The molecule has 0 radical (unpaired) electrons. The van der Waals surface area contributed by atoms with Crippen molar-refractivity contribution >= 4 is 17.5 Å². The van der Waals surface area contributed by atoms with Gasteiger partial charge >= 0.3 is 0 Å². The maximum Gasteiger partial charge on any atom is 0.234 e. The molecule has 4 aliphatic rings. The van der Waals surface area contributed by atoms with Gasteiger partial charge in [-0.25, -0.2) is 0 Å². The summed E-state index contributed by atoms with van der Waals surface area (Å²) >= 11 is 0. The van der Waals surface area contributed by atoms with E-state index in [0.29, 0.717) is 18.9 Å². The predicted molar refractivity (Wildman–Crippen MR) is 94.5 cm³/mol. The molecule has 3 atom stereocenters. The summed E-state index contributed by atoms with van der Waals surface area (Å²) in [6.07, 6.45) is 2.36. The van der Waals surface area contributed by atoms with E-state index in [1.807, 2.05) is 12.1 Å². The average Bonchev–Trinajstić information content (AvgIpc) is 3.35. The van der Waals surface area contributed by atoms with Crippen molar-refractivity contribution in [3.63, 3.8) is 0 Å². The van der Waals surface area contributed by atoms with Gasteiger partial charge in [0, 0.05) is 56.4 Å². The zero-order chi connectivity index (χ0) is 17.0. The molecule has 3 aliphatic heterocycles. The number of piperazine rings is 1. The number of nitrogens with one attached hydrogen (secondary N) is 2. The summed E-state index contributed by atoms with van der Waals surface area (Å²) in [4.78, 5) is 28.4. The Balaban J connectivity index is 1.20. The largest absolute Gasteiger partial charge is 0.368 e. The van der Waals surface area contributed by atoms with Crippen molar-refractivity contribution in [3.05, 3.63) is 29.8 Å². The Bertz CT molecular complexity index is 698. The summed E-state index contributed by atoms with van der Waals surface area (Å²) in [6, 6.07) is 10.5. The van der Waals surface area contributed by atoms with E-state index in [0.717, 1.165) is 37.3 Å². The number of imide groups is 1. The first-order valence-electron chi connectivity index (χ1n) is 9.37. The van der Waals surface area contributed by atoms with Crippen LogP contribution in [-0.4, -0.2) is 61.0 Å². The molecular weight excluding hydrogens is 316 g/mol. The first-order valence-corrected chi connectivity index (χ1v) is 9.37. The molecule has 3 saturated heterocycles. The first-order chi connectivity index (χ1) is 12.2. The molecule has 0 bridgehead atoms. The lowest BCUT2D eigenvalue weighted by Gasteiger charge is -2.48. The molecule has 6 nitrogen and oxygen atoms in total. The van der Waals surface area contributed by atoms with Crippen molar-refractivity contribution in [2.24, 2.45) is 0 Å². The normalized spacial score (nSPS) is 32.8. The molecule has 1 aromatic carbocycles. The van der Waals surface area contributed by atoms with E-state index in [1.165, 1.54) is 18.7 Å². The fourth-order valence-electron chi connectivity index (χ4n) is 4.57. The van der Waals surface area contributed by atoms with Crippen LogP contribution in [-0.2, 0) is 9.59 Å². The van der Waals surface area contributed by atoms with Gasteiger partial charge in [-0.2, -0.15) is 0 Å². The lowest BCUT2D eigenvalue weighted by molar-refractivity contribution is -0.134. The lowest BCUT2D eigenvalue weighted by Crippen LogP contribution is -2.63. The Labute approximate surface area is 147 Å². The predicted octanol–water partition coefficient (Wildman–Crippen LogP) is 0.442. The van der Waals surface area contributed by atoms with Crippen molar-refractivity contribution in [1.29, 1.82) is 0 Å². The van der Waals surface area contributed by atoms with E-state index in [-0.39, 0.29) is 17.7 Å². The fraction of sp³-hybridized carbons (Fsp3) is 0.579. The molecule has 2 N–H and O–H groups in total. The molecule has 3 heterocycles. The van der Waals surface area contributed by atoms with Gasteiger partial charge in [-0.15, -0.1) is 0 Å². The van der Waals surface area contributed by atoms with E-state index in [9.17, 15) is 9.59 Å². The highest BCUT2D eigenvalue weighted by atomic mass is 16.2. The SMILES string of the molecule is O=C1CCC(c2ccc(N3CC(N4CCN[C@H]5C[C@H]54)C3)cc2)C(=O)N1. The molecule has 0 aromatic heterocycles. The number of hydrogen-bond donors (Lipinski definition) is 2. The minimum absolute atomic E-state index is 0.157. The zero-order valence-electron chi connectivity index (χ0n) is 14.3. The van der Waals surface area contributed by atoms with E-state index in [1.54, 1.807) is 0 Å². The third-order valence-corrected chi connectivity index (χ3v) is 6.19. The Morgan fingerprint density at radius 1 is 1.08 bits per heavy atom. The summed E-state index contributed by atoms with van der Waals surface area (Å²) in [6.45, 7) is 4.49. The summed E-state index contributed by atoms with van der Waals surface area (Å²) in [5.74, 6) is -0.510. The maximum atomic E-state index is 12.0. The van der Waals surface area contributed by atoms with Gasteiger partial charge in [-0.1, -0.05) is 12.1 Å². The van der Waals surface area contributed by atoms with Gasteiger partial charge in [0.05, 0.1) is 5.92 Å². The number of nitrogens with zero attached hydrogens (tertiary/aromatic N) is 2. The third-order valence-electron chi connectivity index (χ3n) is 6.19. The average molecular weight is 340 g/mol. The Morgan fingerprint density at radius 3 is 2.64 bits per heavy atom. The van der Waals surface area contributed by atoms with Gasteiger partial charge in [0.25, 0.3) is 0 Å². The second-order valence-corrected chi connectivity index (χ2v) is 7.76. The zero-order valence-corrected chi connectivity index (χ0v) is 14.3. The van der Waals surface area contributed by atoms with Crippen molar-refractivity contribution in [1.82, 2.24) is 15.5 Å². The van der Waals surface area contributed by atoms with Gasteiger partial charge in [-0.05, 0) is 30.5 Å². The number of carbonyl (C=O) groups excluding carboxylic acids is 2. The standard InChI is InChI=1S/C19H24N4O2/c24-18-6-5-15(19(25)21-18)12-1-3-13(4-2-12)22-10-14(11-22)23-8-7-20-16-9-17(16)23/h1-4,14-17,20H,5-11H2,(H,21,24,25)/t15?,16-,17+/m0/s1. The highest BCUT2D eigenvalue weighted by Gasteiger charge is 2.48. The van der Waals surface area contributed by atoms with Gasteiger partial charge in [0.2, 0.25) is 11.8 Å². The quantitative estimate of drug-likeness (QED) is 0.782. The Kier molecular flexibility index (Phi) is 3.57. The van der Waals surface area contributed by atoms with Crippen LogP contribution in [0.2, 0.25) is 0 Å². The van der Waals surface area contributed by atoms with Crippen LogP contribution in [0.3, 0.4) is 0 Å². The summed E-state index contributed by atoms with van der Waals surface area (Å²) < 4.78 is 0. The minimum Gasteiger partial charge on any atom is -0.368 e. The molecular formula is C19H24N4O2. The monoisotopic (exact) mass is 340 g/mol. The highest BCUT2D eigenvalue weighted by Crippen LogP contribution is 2.35. The van der Waals surface area contributed by atoms with Crippen LogP contribution in [0.1, 0.15) is 30.7 Å². The van der Waals surface area contributed by atoms with Crippen LogP contribution < -0.4 is 15.5 Å². The summed E-state index contributed by atoms with van der Waals surface area (Å²) in [5.41, 5.74) is 2.24. The molecule has 132 valence electrons. The molecule has 1 unspecified atom stereocenters. The number of fused-ring (bicyclic) bond motifs is 1. The second-order valence-electron chi connectivity index (χ2n) is 7.76. The van der Waals surface area contributed by atoms with Crippen LogP contribution in [0, 0.1) is 0 Å². The van der Waals surface area contributed by atoms with Gasteiger partial charge < -0.3 is 10.2 Å². The third kappa shape index (κ3) is 2.73. The summed E-state index contributed by atoms with van der Waals surface area (Å²) in [5, 5.41) is 6.01. The number of benzene rings is 1. The molecule has 2 amide bonds. The van der Waals surface area contributed by atoms with E-state index in [4.69, 9.17) is 0 Å². The van der Waals surface area contributed by atoms with Crippen LogP contribution in [0.15, 0.2) is 24.3 Å². The second kappa shape index (κ2) is 5.81. The molecule has 25 heavy (non-hydrogen) atoms. The Morgan fingerprint density at radius 2 is 1.88 bits per heavy atom. The summed E-state index contributed by atoms with van der Waals surface area (Å²) in [7, 11) is 0. The minimum atomic E-state index is -0.191. The first kappa shape index (κ1) is 15.3. The van der Waals surface area contributed by atoms with Crippen LogP contribution >= 0.6 is 0 Å². The number of amides is 2. The van der Waals surface area contributed by atoms with Crippen LogP contribution in [0.5, 0.6) is 0 Å². The van der Waals surface area contributed by atoms with E-state index >= 15 is 0 Å². The smallest absolute Gasteiger partial charge is 0.234 e. The number of rotatable bonds is 3.